The van der Waals surface area contributed by atoms with Crippen molar-refractivity contribution in [2.45, 2.75) is 50.9 Å². The fraction of sp³-hybridized carbons (Fsp3) is 0.533. The van der Waals surface area contributed by atoms with Crippen LogP contribution < -0.4 is 10.1 Å². The summed E-state index contributed by atoms with van der Waals surface area (Å²) in [6.07, 6.45) is -11.9. The summed E-state index contributed by atoms with van der Waals surface area (Å²) >= 11 is 0. The molecule has 0 aliphatic rings. The van der Waals surface area contributed by atoms with E-state index in [1.807, 2.05) is 0 Å². The minimum atomic E-state index is -4.87. The SMILES string of the molecule is CC(NC(=O)CC(C)(O)CC(F)(F)F)c1cccc(OC(F)(F)F)c1. The molecule has 25 heavy (non-hydrogen) atoms. The van der Waals surface area contributed by atoms with Crippen molar-refractivity contribution in [2.24, 2.45) is 0 Å². The number of ether oxygens (including phenoxy) is 1. The Morgan fingerprint density at radius 3 is 2.36 bits per heavy atom. The highest BCUT2D eigenvalue weighted by atomic mass is 19.4. The van der Waals surface area contributed by atoms with Gasteiger partial charge in [0, 0.05) is 0 Å². The van der Waals surface area contributed by atoms with E-state index in [1.165, 1.54) is 19.1 Å². The predicted molar refractivity (Wildman–Crippen MR) is 75.6 cm³/mol. The summed E-state index contributed by atoms with van der Waals surface area (Å²) < 4.78 is 77.3. The largest absolute Gasteiger partial charge is 0.573 e. The molecule has 1 aromatic rings. The normalized spacial score (nSPS) is 16.0. The highest BCUT2D eigenvalue weighted by Gasteiger charge is 2.39. The second kappa shape index (κ2) is 7.51. The Morgan fingerprint density at radius 1 is 1.24 bits per heavy atom. The van der Waals surface area contributed by atoms with Gasteiger partial charge in [-0.05, 0) is 31.5 Å². The van der Waals surface area contributed by atoms with Crippen molar-refractivity contribution in [3.05, 3.63) is 29.8 Å². The van der Waals surface area contributed by atoms with Crippen molar-refractivity contribution >= 4 is 5.91 Å². The second-order valence-electron chi connectivity index (χ2n) is 5.88. The van der Waals surface area contributed by atoms with Gasteiger partial charge in [0.15, 0.2) is 0 Å². The van der Waals surface area contributed by atoms with Gasteiger partial charge in [-0.25, -0.2) is 0 Å². The lowest BCUT2D eigenvalue weighted by Gasteiger charge is -2.25. The first-order valence-electron chi connectivity index (χ1n) is 7.11. The van der Waals surface area contributed by atoms with E-state index in [-0.39, 0.29) is 5.56 Å². The number of alkyl halides is 6. The van der Waals surface area contributed by atoms with E-state index < -0.39 is 48.7 Å². The van der Waals surface area contributed by atoms with Gasteiger partial charge in [0.05, 0.1) is 24.5 Å². The molecule has 1 amide bonds. The molecule has 0 saturated heterocycles. The first-order chi connectivity index (χ1) is 11.2. The molecule has 4 nitrogen and oxygen atoms in total. The molecule has 0 aliphatic heterocycles. The highest BCUT2D eigenvalue weighted by Crippen LogP contribution is 2.30. The van der Waals surface area contributed by atoms with Gasteiger partial charge in [0.25, 0.3) is 0 Å². The summed E-state index contributed by atoms with van der Waals surface area (Å²) in [6, 6.07) is 4.01. The van der Waals surface area contributed by atoms with Crippen LogP contribution >= 0.6 is 0 Å². The van der Waals surface area contributed by atoms with Crippen molar-refractivity contribution in [3.8, 4) is 5.75 Å². The number of rotatable bonds is 6. The zero-order chi connectivity index (χ0) is 19.5. The molecule has 0 aromatic heterocycles. The zero-order valence-electron chi connectivity index (χ0n) is 13.3. The van der Waals surface area contributed by atoms with Crippen LogP contribution in [0.2, 0.25) is 0 Å². The maximum Gasteiger partial charge on any atom is 0.573 e. The number of aliphatic hydroxyl groups is 1. The predicted octanol–water partition coefficient (Wildman–Crippen LogP) is 3.86. The molecule has 1 aromatic carbocycles. The Labute approximate surface area is 139 Å². The minimum absolute atomic E-state index is 0.255. The molecule has 0 saturated carbocycles. The average Bonchev–Trinajstić information content (AvgIpc) is 2.32. The van der Waals surface area contributed by atoms with Crippen molar-refractivity contribution in [1.82, 2.24) is 5.32 Å². The van der Waals surface area contributed by atoms with Crippen LogP contribution in [-0.4, -0.2) is 29.2 Å². The van der Waals surface area contributed by atoms with Crippen LogP contribution in [0.15, 0.2) is 24.3 Å². The third-order valence-corrected chi connectivity index (χ3v) is 3.09. The number of nitrogens with one attached hydrogen (secondary N) is 1. The molecule has 0 spiro atoms. The molecule has 0 heterocycles. The number of carbonyl (C=O) groups excluding carboxylic acids is 1. The van der Waals surface area contributed by atoms with Gasteiger partial charge in [-0.1, -0.05) is 12.1 Å². The number of carbonyl (C=O) groups is 1. The van der Waals surface area contributed by atoms with Crippen LogP contribution in [0.3, 0.4) is 0 Å². The van der Waals surface area contributed by atoms with E-state index in [0.717, 1.165) is 19.1 Å². The molecule has 0 bridgehead atoms. The third kappa shape index (κ3) is 8.62. The molecule has 2 N–H and O–H groups in total. The van der Waals surface area contributed by atoms with Crippen molar-refractivity contribution in [1.29, 1.82) is 0 Å². The lowest BCUT2D eigenvalue weighted by atomic mass is 9.97. The molecule has 0 radical (unpaired) electrons. The van der Waals surface area contributed by atoms with E-state index >= 15 is 0 Å². The number of amides is 1. The van der Waals surface area contributed by atoms with Gasteiger partial charge in [0.2, 0.25) is 5.91 Å². The quantitative estimate of drug-likeness (QED) is 0.745. The molecule has 2 unspecified atom stereocenters. The smallest absolute Gasteiger partial charge is 0.406 e. The summed E-state index contributed by atoms with van der Waals surface area (Å²) in [5.41, 5.74) is -2.03. The lowest BCUT2D eigenvalue weighted by Crippen LogP contribution is -2.38. The summed E-state index contributed by atoms with van der Waals surface area (Å²) in [5, 5.41) is 12.0. The number of halogens is 6. The molecule has 0 aliphatic carbocycles. The van der Waals surface area contributed by atoms with E-state index in [4.69, 9.17) is 0 Å². The van der Waals surface area contributed by atoms with Gasteiger partial charge >= 0.3 is 12.5 Å². The van der Waals surface area contributed by atoms with E-state index in [0.29, 0.717) is 0 Å². The van der Waals surface area contributed by atoms with Gasteiger partial charge in [-0.15, -0.1) is 13.2 Å². The topological polar surface area (TPSA) is 58.6 Å². The monoisotopic (exact) mass is 373 g/mol. The van der Waals surface area contributed by atoms with Gasteiger partial charge in [-0.3, -0.25) is 4.79 Å². The van der Waals surface area contributed by atoms with Crippen LogP contribution in [0, 0.1) is 0 Å². The Balaban J connectivity index is 2.71. The third-order valence-electron chi connectivity index (χ3n) is 3.09. The van der Waals surface area contributed by atoms with Crippen molar-refractivity contribution < 1.29 is 41.0 Å². The molecule has 10 heteroatoms. The van der Waals surface area contributed by atoms with Gasteiger partial charge < -0.3 is 15.2 Å². The maximum absolute atomic E-state index is 12.3. The van der Waals surface area contributed by atoms with Crippen LogP contribution in [0.5, 0.6) is 5.75 Å². The molecular weight excluding hydrogens is 356 g/mol. The number of hydrogen-bond donors (Lipinski definition) is 2. The van der Waals surface area contributed by atoms with E-state index in [2.05, 4.69) is 10.1 Å². The summed E-state index contributed by atoms with van der Waals surface area (Å²) in [4.78, 5) is 11.8. The Kier molecular flexibility index (Phi) is 6.33. The zero-order valence-corrected chi connectivity index (χ0v) is 13.3. The Bertz CT molecular complexity index is 598. The maximum atomic E-state index is 12.3. The van der Waals surface area contributed by atoms with Crippen LogP contribution in [0.25, 0.3) is 0 Å². The van der Waals surface area contributed by atoms with Crippen LogP contribution in [0.4, 0.5) is 26.3 Å². The first kappa shape index (κ1) is 21.1. The van der Waals surface area contributed by atoms with Gasteiger partial charge in [-0.2, -0.15) is 13.2 Å². The minimum Gasteiger partial charge on any atom is -0.406 e. The van der Waals surface area contributed by atoms with E-state index in [1.54, 1.807) is 0 Å². The van der Waals surface area contributed by atoms with E-state index in [9.17, 15) is 36.2 Å². The van der Waals surface area contributed by atoms with Crippen molar-refractivity contribution in [2.75, 3.05) is 0 Å². The molecular formula is C15H17F6NO3. The lowest BCUT2D eigenvalue weighted by molar-refractivity contribution is -0.274. The summed E-state index contributed by atoms with van der Waals surface area (Å²) in [7, 11) is 0. The molecule has 142 valence electrons. The second-order valence-corrected chi connectivity index (χ2v) is 5.88. The summed E-state index contributed by atoms with van der Waals surface area (Å²) in [5.74, 6) is -1.36. The average molecular weight is 373 g/mol. The van der Waals surface area contributed by atoms with Crippen molar-refractivity contribution in [3.63, 3.8) is 0 Å². The first-order valence-corrected chi connectivity index (χ1v) is 7.11. The Morgan fingerprint density at radius 2 is 1.84 bits per heavy atom. The fourth-order valence-electron chi connectivity index (χ4n) is 2.20. The fourth-order valence-corrected chi connectivity index (χ4v) is 2.20. The number of hydrogen-bond acceptors (Lipinski definition) is 3. The van der Waals surface area contributed by atoms with Crippen LogP contribution in [0.1, 0.15) is 38.3 Å². The molecule has 0 fully saturated rings. The standard InChI is InChI=1S/C15H17F6NO3/c1-9(10-4-3-5-11(6-10)25-15(19,20)21)22-12(23)7-13(2,24)8-14(16,17)18/h3-6,9,24H,7-8H2,1-2H3,(H,22,23). The van der Waals surface area contributed by atoms with Gasteiger partial charge in [0.1, 0.15) is 5.75 Å². The highest BCUT2D eigenvalue weighted by molar-refractivity contribution is 5.77. The van der Waals surface area contributed by atoms with Crippen LogP contribution in [-0.2, 0) is 4.79 Å². The molecule has 2 atom stereocenters. The number of benzene rings is 1. The molecule has 1 rings (SSSR count). The summed E-state index contributed by atoms with van der Waals surface area (Å²) in [6.45, 7) is 2.31. The Hall–Kier alpha value is -1.97.